The minimum Gasteiger partial charge on any atom is -0.369 e. The fourth-order valence-electron chi connectivity index (χ4n) is 3.50. The minimum absolute atomic E-state index is 0.263. The largest absolute Gasteiger partial charge is 0.416 e. The topological polar surface area (TPSA) is 43.1 Å². The van der Waals surface area contributed by atoms with E-state index >= 15 is 0 Å². The van der Waals surface area contributed by atoms with Crippen molar-refractivity contribution in [2.45, 2.75) is 51.6 Å². The van der Waals surface area contributed by atoms with Gasteiger partial charge in [0.1, 0.15) is 0 Å². The summed E-state index contributed by atoms with van der Waals surface area (Å²) >= 11 is 1.66. The molecule has 0 radical (unpaired) electrons. The number of hydrogen-bond acceptors (Lipinski definition) is 2. The first-order chi connectivity index (χ1) is 12.0. The summed E-state index contributed by atoms with van der Waals surface area (Å²) in [7, 11) is 0. The first-order valence-electron chi connectivity index (χ1n) is 8.62. The van der Waals surface area contributed by atoms with Gasteiger partial charge in [-0.2, -0.15) is 13.2 Å². The minimum atomic E-state index is -4.44. The van der Waals surface area contributed by atoms with E-state index in [4.69, 9.17) is 5.73 Å². The van der Waals surface area contributed by atoms with Crippen LogP contribution in [-0.2, 0) is 30.2 Å². The van der Waals surface area contributed by atoms with Crippen LogP contribution in [-0.4, -0.2) is 5.91 Å². The predicted molar refractivity (Wildman–Crippen MR) is 97.2 cm³/mol. The van der Waals surface area contributed by atoms with E-state index in [0.717, 1.165) is 36.3 Å². The molecule has 1 unspecified atom stereocenters. The molecule has 0 spiro atoms. The van der Waals surface area contributed by atoms with Gasteiger partial charge in [0, 0.05) is 9.75 Å². The number of benzene rings is 1. The zero-order valence-electron chi connectivity index (χ0n) is 14.8. The van der Waals surface area contributed by atoms with Gasteiger partial charge < -0.3 is 5.73 Å². The van der Waals surface area contributed by atoms with Crippen LogP contribution in [0.2, 0.25) is 0 Å². The lowest BCUT2D eigenvalue weighted by molar-refractivity contribution is -0.137. The molecule has 1 aromatic heterocycles. The Morgan fingerprint density at radius 3 is 2.69 bits per heavy atom. The summed E-state index contributed by atoms with van der Waals surface area (Å²) in [6.07, 6.45) is -0.981. The van der Waals surface area contributed by atoms with Crippen molar-refractivity contribution in [1.82, 2.24) is 0 Å². The Bertz CT molecular complexity index is 823. The normalized spacial score (nSPS) is 17.6. The van der Waals surface area contributed by atoms with Crippen molar-refractivity contribution in [3.63, 3.8) is 0 Å². The zero-order valence-corrected chi connectivity index (χ0v) is 15.6. The fraction of sp³-hybridized carbons (Fsp3) is 0.450. The van der Waals surface area contributed by atoms with Gasteiger partial charge in [0.25, 0.3) is 0 Å². The molecule has 0 bridgehead atoms. The van der Waals surface area contributed by atoms with E-state index in [9.17, 15) is 18.0 Å². The number of amides is 1. The van der Waals surface area contributed by atoms with Crippen LogP contribution in [0.4, 0.5) is 13.2 Å². The van der Waals surface area contributed by atoms with Gasteiger partial charge in [-0.15, -0.1) is 11.3 Å². The Morgan fingerprint density at radius 1 is 1.31 bits per heavy atom. The third-order valence-corrected chi connectivity index (χ3v) is 6.22. The van der Waals surface area contributed by atoms with E-state index in [1.807, 2.05) is 0 Å². The average molecular weight is 381 g/mol. The second-order valence-corrected chi connectivity index (χ2v) is 9.01. The van der Waals surface area contributed by atoms with Gasteiger partial charge in [-0.05, 0) is 54.4 Å². The molecule has 1 aromatic carbocycles. The van der Waals surface area contributed by atoms with Crippen molar-refractivity contribution < 1.29 is 18.0 Å². The van der Waals surface area contributed by atoms with Crippen LogP contribution >= 0.6 is 11.3 Å². The van der Waals surface area contributed by atoms with Crippen molar-refractivity contribution in [3.05, 3.63) is 56.8 Å². The Labute approximate surface area is 155 Å². The molecule has 2 N–H and O–H groups in total. The molecular formula is C20H22F3NOS. The molecule has 0 aliphatic heterocycles. The highest BCUT2D eigenvalue weighted by molar-refractivity contribution is 7.12. The van der Waals surface area contributed by atoms with E-state index in [1.165, 1.54) is 16.5 Å². The van der Waals surface area contributed by atoms with Crippen molar-refractivity contribution in [1.29, 1.82) is 0 Å². The Balaban J connectivity index is 1.87. The summed E-state index contributed by atoms with van der Waals surface area (Å²) in [5, 5.41) is 0. The zero-order chi connectivity index (χ0) is 19.1. The number of nitrogens with two attached hydrogens (primary N) is 1. The third kappa shape index (κ3) is 4.11. The van der Waals surface area contributed by atoms with Crippen molar-refractivity contribution in [3.8, 4) is 0 Å². The maximum absolute atomic E-state index is 13.0. The average Bonchev–Trinajstić information content (AvgIpc) is 2.92. The third-order valence-electron chi connectivity index (χ3n) is 5.02. The maximum Gasteiger partial charge on any atom is 0.416 e. The highest BCUT2D eigenvalue weighted by atomic mass is 32.1. The van der Waals surface area contributed by atoms with Crippen LogP contribution in [0.15, 0.2) is 30.3 Å². The molecule has 26 heavy (non-hydrogen) atoms. The lowest BCUT2D eigenvalue weighted by atomic mass is 9.78. The molecule has 2 aromatic rings. The van der Waals surface area contributed by atoms with E-state index in [2.05, 4.69) is 19.9 Å². The standard InChI is InChI=1S/C20H22F3NOS/c1-19(2)7-6-13-9-15(26-17(13)11-19)10-16(18(24)25)12-4-3-5-14(8-12)20(21,22)23/h3-5,8-9,16H,6-7,10-11H2,1-2H3,(H2,24,25). The number of hydrogen-bond donors (Lipinski definition) is 1. The van der Waals surface area contributed by atoms with E-state index in [0.29, 0.717) is 12.0 Å². The second-order valence-electron chi connectivity index (χ2n) is 7.78. The van der Waals surface area contributed by atoms with Crippen LogP contribution in [0.25, 0.3) is 0 Å². The molecule has 1 heterocycles. The maximum atomic E-state index is 13.0. The Hall–Kier alpha value is -1.82. The molecule has 2 nitrogen and oxygen atoms in total. The predicted octanol–water partition coefficient (Wildman–Crippen LogP) is 5.09. The number of halogens is 3. The first kappa shape index (κ1) is 19.0. The molecule has 1 aliphatic carbocycles. The van der Waals surface area contributed by atoms with Gasteiger partial charge in [-0.3, -0.25) is 4.79 Å². The quantitative estimate of drug-likeness (QED) is 0.787. The molecule has 6 heteroatoms. The Kier molecular flexibility index (Phi) is 4.90. The number of primary amides is 1. The van der Waals surface area contributed by atoms with Crippen LogP contribution in [0, 0.1) is 5.41 Å². The monoisotopic (exact) mass is 381 g/mol. The molecular weight excluding hydrogens is 359 g/mol. The number of carbonyl (C=O) groups is 1. The van der Waals surface area contributed by atoms with Gasteiger partial charge in [0.2, 0.25) is 5.91 Å². The summed E-state index contributed by atoms with van der Waals surface area (Å²) in [4.78, 5) is 14.3. The summed E-state index contributed by atoms with van der Waals surface area (Å²) in [5.41, 5.74) is 6.65. The number of fused-ring (bicyclic) bond motifs is 1. The van der Waals surface area contributed by atoms with Gasteiger partial charge in [0.15, 0.2) is 0 Å². The molecule has 3 rings (SSSR count). The van der Waals surface area contributed by atoms with Crippen LogP contribution < -0.4 is 5.73 Å². The highest BCUT2D eigenvalue weighted by Crippen LogP contribution is 2.40. The van der Waals surface area contributed by atoms with Crippen LogP contribution in [0.5, 0.6) is 0 Å². The molecule has 0 saturated heterocycles. The SMILES string of the molecule is CC1(C)CCc2cc(CC(C(N)=O)c3cccc(C(F)(F)F)c3)sc2C1. The summed E-state index contributed by atoms with van der Waals surface area (Å²) < 4.78 is 38.9. The first-order valence-corrected chi connectivity index (χ1v) is 9.44. The fourth-order valence-corrected chi connectivity index (χ4v) is 5.02. The number of carbonyl (C=O) groups excluding carboxylic acids is 1. The number of alkyl halides is 3. The second kappa shape index (κ2) is 6.72. The summed E-state index contributed by atoms with van der Waals surface area (Å²) in [6, 6.07) is 7.01. The Morgan fingerprint density at radius 2 is 2.04 bits per heavy atom. The number of rotatable bonds is 4. The summed E-state index contributed by atoms with van der Waals surface area (Å²) in [5.74, 6) is -1.36. The lowest BCUT2D eigenvalue weighted by Crippen LogP contribution is -2.23. The van der Waals surface area contributed by atoms with E-state index in [1.54, 1.807) is 17.4 Å². The number of thiophene rings is 1. The molecule has 1 amide bonds. The lowest BCUT2D eigenvalue weighted by Gasteiger charge is -2.28. The van der Waals surface area contributed by atoms with Gasteiger partial charge in [-0.1, -0.05) is 32.0 Å². The van der Waals surface area contributed by atoms with E-state index < -0.39 is 23.6 Å². The molecule has 0 fully saturated rings. The van der Waals surface area contributed by atoms with Crippen LogP contribution in [0.3, 0.4) is 0 Å². The van der Waals surface area contributed by atoms with Crippen LogP contribution in [0.1, 0.15) is 52.6 Å². The molecule has 140 valence electrons. The van der Waals surface area contributed by atoms with Crippen molar-refractivity contribution >= 4 is 17.2 Å². The van der Waals surface area contributed by atoms with Gasteiger partial charge in [0.05, 0.1) is 11.5 Å². The van der Waals surface area contributed by atoms with Crippen molar-refractivity contribution in [2.75, 3.05) is 0 Å². The number of aryl methyl sites for hydroxylation is 1. The molecule has 1 aliphatic rings. The van der Waals surface area contributed by atoms with Crippen molar-refractivity contribution in [2.24, 2.45) is 11.1 Å². The summed E-state index contributed by atoms with van der Waals surface area (Å²) in [6.45, 7) is 4.48. The highest BCUT2D eigenvalue weighted by Gasteiger charge is 2.32. The van der Waals surface area contributed by atoms with Gasteiger partial charge >= 0.3 is 6.18 Å². The van der Waals surface area contributed by atoms with E-state index in [-0.39, 0.29) is 5.41 Å². The molecule has 1 atom stereocenters. The molecule has 0 saturated carbocycles. The van der Waals surface area contributed by atoms with Gasteiger partial charge in [-0.25, -0.2) is 0 Å². The smallest absolute Gasteiger partial charge is 0.369 e.